The summed E-state index contributed by atoms with van der Waals surface area (Å²) >= 11 is 0. The first-order chi connectivity index (χ1) is 7.92. The third-order valence-electron chi connectivity index (χ3n) is 2.29. The van der Waals surface area contributed by atoms with Crippen molar-refractivity contribution in [3.05, 3.63) is 11.9 Å². The number of sulfonamides is 1. The maximum absolute atomic E-state index is 12.0. The van der Waals surface area contributed by atoms with E-state index in [-0.39, 0.29) is 4.90 Å². The molecule has 1 heterocycles. The lowest BCUT2D eigenvalue weighted by Crippen LogP contribution is -2.42. The molecule has 0 amide bonds. The lowest BCUT2D eigenvalue weighted by molar-refractivity contribution is -0.115. The van der Waals surface area contributed by atoms with Crippen LogP contribution in [0.1, 0.15) is 12.6 Å². The van der Waals surface area contributed by atoms with Crippen LogP contribution in [0.15, 0.2) is 11.1 Å². The van der Waals surface area contributed by atoms with Crippen LogP contribution >= 0.6 is 0 Å². The van der Waals surface area contributed by atoms with Crippen LogP contribution in [0.4, 0.5) is 0 Å². The van der Waals surface area contributed by atoms with Crippen LogP contribution in [-0.2, 0) is 19.5 Å². The molecule has 7 nitrogen and oxygen atoms in total. The van der Waals surface area contributed by atoms with E-state index in [0.717, 1.165) is 0 Å². The lowest BCUT2D eigenvalue weighted by Gasteiger charge is -2.21. The maximum Gasteiger partial charge on any atom is 0.244 e. The van der Waals surface area contributed by atoms with Crippen LogP contribution in [0, 0.1) is 6.92 Å². The molecule has 2 N–H and O–H groups in total. The highest BCUT2D eigenvalue weighted by atomic mass is 32.2. The van der Waals surface area contributed by atoms with Crippen molar-refractivity contribution in [2.45, 2.75) is 31.1 Å². The van der Waals surface area contributed by atoms with Crippen molar-refractivity contribution in [1.29, 1.82) is 0 Å². The van der Waals surface area contributed by atoms with E-state index < -0.39 is 22.4 Å². The van der Waals surface area contributed by atoms with Gasteiger partial charge in [-0.3, -0.25) is 5.10 Å². The van der Waals surface area contributed by atoms with Crippen LogP contribution in [-0.4, -0.2) is 45.2 Å². The fourth-order valence-corrected chi connectivity index (χ4v) is 2.85. The van der Waals surface area contributed by atoms with Crippen molar-refractivity contribution >= 4 is 10.0 Å². The Labute approximate surface area is 101 Å². The van der Waals surface area contributed by atoms with Gasteiger partial charge < -0.3 is 9.47 Å². The van der Waals surface area contributed by atoms with Gasteiger partial charge in [0, 0.05) is 14.2 Å². The van der Waals surface area contributed by atoms with Gasteiger partial charge in [0.25, 0.3) is 0 Å². The second-order valence-corrected chi connectivity index (χ2v) is 5.29. The summed E-state index contributed by atoms with van der Waals surface area (Å²) in [6, 6.07) is -0.510. The van der Waals surface area contributed by atoms with Crippen LogP contribution in [0.25, 0.3) is 0 Å². The molecule has 0 bridgehead atoms. The molecular formula is C9H17N3O4S. The van der Waals surface area contributed by atoms with E-state index in [1.807, 2.05) is 0 Å². The summed E-state index contributed by atoms with van der Waals surface area (Å²) in [4.78, 5) is 0.121. The van der Waals surface area contributed by atoms with E-state index in [0.29, 0.717) is 5.69 Å². The average molecular weight is 263 g/mol. The number of hydrogen-bond donors (Lipinski definition) is 2. The Kier molecular flexibility index (Phi) is 4.63. The number of H-pyrrole nitrogens is 1. The van der Waals surface area contributed by atoms with E-state index in [4.69, 9.17) is 9.47 Å². The van der Waals surface area contributed by atoms with Crippen molar-refractivity contribution in [3.8, 4) is 0 Å². The molecule has 0 saturated carbocycles. The number of rotatable bonds is 6. The third-order valence-corrected chi connectivity index (χ3v) is 3.96. The van der Waals surface area contributed by atoms with E-state index in [2.05, 4.69) is 14.9 Å². The summed E-state index contributed by atoms with van der Waals surface area (Å²) in [7, 11) is -0.723. The molecule has 98 valence electrons. The van der Waals surface area contributed by atoms with E-state index >= 15 is 0 Å². The SMILES string of the molecule is COC(OC)C(C)NS(=O)(=O)c1cn[nH]c1C. The standard InChI is InChI=1S/C9H17N3O4S/c1-6-8(5-10-11-6)17(13,14)12-7(2)9(15-3)16-4/h5,7,9,12H,1-4H3,(H,10,11). The van der Waals surface area contributed by atoms with Gasteiger partial charge in [-0.25, -0.2) is 13.1 Å². The Morgan fingerprint density at radius 2 is 2.00 bits per heavy atom. The molecule has 0 radical (unpaired) electrons. The molecule has 1 aromatic rings. The quantitative estimate of drug-likeness (QED) is 0.705. The van der Waals surface area contributed by atoms with Crippen LogP contribution in [0.3, 0.4) is 0 Å². The summed E-state index contributed by atoms with van der Waals surface area (Å²) in [5.74, 6) is 0. The van der Waals surface area contributed by atoms with Gasteiger partial charge in [0.15, 0.2) is 6.29 Å². The van der Waals surface area contributed by atoms with Gasteiger partial charge in [-0.05, 0) is 13.8 Å². The predicted octanol–water partition coefficient (Wildman–Crippen LogP) is 0.00382. The molecule has 0 aliphatic rings. The van der Waals surface area contributed by atoms with Gasteiger partial charge in [-0.2, -0.15) is 5.10 Å². The number of aryl methyl sites for hydroxylation is 1. The number of nitrogens with zero attached hydrogens (tertiary/aromatic N) is 1. The van der Waals surface area contributed by atoms with Gasteiger partial charge in [0.05, 0.1) is 17.9 Å². The highest BCUT2D eigenvalue weighted by molar-refractivity contribution is 7.89. The van der Waals surface area contributed by atoms with Gasteiger partial charge >= 0.3 is 0 Å². The Hall–Kier alpha value is -0.960. The zero-order chi connectivity index (χ0) is 13.1. The summed E-state index contributed by atoms with van der Waals surface area (Å²) in [6.45, 7) is 3.29. The Morgan fingerprint density at radius 3 is 2.41 bits per heavy atom. The molecule has 17 heavy (non-hydrogen) atoms. The van der Waals surface area contributed by atoms with Crippen LogP contribution < -0.4 is 4.72 Å². The zero-order valence-electron chi connectivity index (χ0n) is 10.2. The highest BCUT2D eigenvalue weighted by Crippen LogP contribution is 2.12. The second-order valence-electron chi connectivity index (χ2n) is 3.61. The first-order valence-electron chi connectivity index (χ1n) is 5.00. The number of hydrogen-bond acceptors (Lipinski definition) is 5. The van der Waals surface area contributed by atoms with Crippen molar-refractivity contribution in [2.75, 3.05) is 14.2 Å². The minimum Gasteiger partial charge on any atom is -0.354 e. The number of methoxy groups -OCH3 is 2. The number of aromatic nitrogens is 2. The molecule has 1 aromatic heterocycles. The Balaban J connectivity index is 2.84. The number of aromatic amines is 1. The van der Waals surface area contributed by atoms with Crippen LogP contribution in [0.5, 0.6) is 0 Å². The van der Waals surface area contributed by atoms with Gasteiger partial charge in [-0.15, -0.1) is 0 Å². The molecule has 8 heteroatoms. The zero-order valence-corrected chi connectivity index (χ0v) is 11.0. The molecule has 0 saturated heterocycles. The van der Waals surface area contributed by atoms with E-state index in [9.17, 15) is 8.42 Å². The van der Waals surface area contributed by atoms with Crippen molar-refractivity contribution in [2.24, 2.45) is 0 Å². The molecule has 1 atom stereocenters. The van der Waals surface area contributed by atoms with E-state index in [1.165, 1.54) is 20.4 Å². The Bertz CT molecular complexity index is 453. The third kappa shape index (κ3) is 3.25. The summed E-state index contributed by atoms with van der Waals surface area (Å²) in [6.07, 6.45) is 0.621. The van der Waals surface area contributed by atoms with Gasteiger partial charge in [-0.1, -0.05) is 0 Å². The lowest BCUT2D eigenvalue weighted by atomic mass is 10.3. The maximum atomic E-state index is 12.0. The van der Waals surface area contributed by atoms with Crippen molar-refractivity contribution in [1.82, 2.24) is 14.9 Å². The molecule has 1 rings (SSSR count). The highest BCUT2D eigenvalue weighted by Gasteiger charge is 2.25. The average Bonchev–Trinajstić information content (AvgIpc) is 2.66. The number of nitrogens with one attached hydrogen (secondary N) is 2. The fraction of sp³-hybridized carbons (Fsp3) is 0.667. The summed E-state index contributed by atoms with van der Waals surface area (Å²) < 4.78 is 36.4. The molecule has 0 aromatic carbocycles. The molecule has 0 aliphatic carbocycles. The largest absolute Gasteiger partial charge is 0.354 e. The van der Waals surface area contributed by atoms with Crippen molar-refractivity contribution < 1.29 is 17.9 Å². The summed E-state index contributed by atoms with van der Waals surface area (Å²) in [5, 5.41) is 6.25. The normalized spacial score (nSPS) is 14.2. The first-order valence-corrected chi connectivity index (χ1v) is 6.48. The number of ether oxygens (including phenoxy) is 2. The predicted molar refractivity (Wildman–Crippen MR) is 60.9 cm³/mol. The minimum atomic E-state index is -3.62. The Morgan fingerprint density at radius 1 is 1.41 bits per heavy atom. The minimum absolute atomic E-state index is 0.121. The first kappa shape index (κ1) is 14.1. The smallest absolute Gasteiger partial charge is 0.244 e. The topological polar surface area (TPSA) is 93.3 Å². The van der Waals surface area contributed by atoms with Crippen molar-refractivity contribution in [3.63, 3.8) is 0 Å². The molecule has 0 aliphatic heterocycles. The molecule has 0 spiro atoms. The van der Waals surface area contributed by atoms with Gasteiger partial charge in [0.2, 0.25) is 10.0 Å². The molecule has 1 unspecified atom stereocenters. The van der Waals surface area contributed by atoms with Gasteiger partial charge in [0.1, 0.15) is 4.90 Å². The second kappa shape index (κ2) is 5.58. The fourth-order valence-electron chi connectivity index (χ4n) is 1.48. The summed E-state index contributed by atoms with van der Waals surface area (Å²) in [5.41, 5.74) is 0.482. The van der Waals surface area contributed by atoms with E-state index in [1.54, 1.807) is 13.8 Å². The molecule has 0 fully saturated rings. The molecular weight excluding hydrogens is 246 g/mol. The van der Waals surface area contributed by atoms with Crippen LogP contribution in [0.2, 0.25) is 0 Å². The monoisotopic (exact) mass is 263 g/mol.